The van der Waals surface area contributed by atoms with Crippen molar-refractivity contribution >= 4 is 0 Å². The molecule has 0 spiro atoms. The summed E-state index contributed by atoms with van der Waals surface area (Å²) in [5.74, 6) is 0. The molecule has 6 heteroatoms. The molecule has 0 bridgehead atoms. The van der Waals surface area contributed by atoms with Crippen LogP contribution in [-0.4, -0.2) is 35.3 Å². The Morgan fingerprint density at radius 3 is 2.68 bits per heavy atom. The van der Waals surface area contributed by atoms with E-state index in [9.17, 15) is 5.11 Å². The fraction of sp³-hybridized carbons (Fsp3) is 0.615. The molecule has 0 aliphatic heterocycles. The van der Waals surface area contributed by atoms with Gasteiger partial charge in [-0.15, -0.1) is 5.10 Å². The van der Waals surface area contributed by atoms with E-state index in [1.165, 1.54) is 0 Å². The van der Waals surface area contributed by atoms with E-state index in [4.69, 9.17) is 0 Å². The lowest BCUT2D eigenvalue weighted by Crippen LogP contribution is -2.41. The van der Waals surface area contributed by atoms with Crippen LogP contribution in [0.25, 0.3) is 0 Å². The van der Waals surface area contributed by atoms with E-state index < -0.39 is 5.60 Å². The number of nitrogens with zero attached hydrogens (tertiary/aromatic N) is 5. The molecule has 2 rings (SSSR count). The predicted octanol–water partition coefficient (Wildman–Crippen LogP) is 1.85. The molecular formula is C13H21N5O. The van der Waals surface area contributed by atoms with Gasteiger partial charge in [-0.05, 0) is 13.3 Å². The molecule has 0 radical (unpaired) electrons. The Hall–Kier alpha value is -1.69. The van der Waals surface area contributed by atoms with Crippen LogP contribution >= 0.6 is 0 Å². The summed E-state index contributed by atoms with van der Waals surface area (Å²) in [4.78, 5) is 4.05. The zero-order chi connectivity index (χ0) is 13.7. The van der Waals surface area contributed by atoms with Gasteiger partial charge >= 0.3 is 0 Å². The fourth-order valence-corrected chi connectivity index (χ4v) is 2.37. The van der Waals surface area contributed by atoms with Crippen LogP contribution in [0.2, 0.25) is 0 Å². The molecule has 0 saturated heterocycles. The second-order valence-corrected chi connectivity index (χ2v) is 5.08. The minimum atomic E-state index is -0.899. The van der Waals surface area contributed by atoms with E-state index in [1.807, 2.05) is 17.7 Å². The van der Waals surface area contributed by atoms with Gasteiger partial charge in [-0.3, -0.25) is 0 Å². The molecule has 2 aromatic heterocycles. The first-order chi connectivity index (χ1) is 9.15. The van der Waals surface area contributed by atoms with Crippen molar-refractivity contribution in [3.05, 3.63) is 31.1 Å². The highest BCUT2D eigenvalue weighted by atomic mass is 16.3. The smallest absolute Gasteiger partial charge is 0.157 e. The second-order valence-electron chi connectivity index (χ2n) is 5.08. The van der Waals surface area contributed by atoms with Gasteiger partial charge in [0.25, 0.3) is 0 Å². The number of hydrogen-bond donors (Lipinski definition) is 1. The van der Waals surface area contributed by atoms with E-state index in [1.54, 1.807) is 29.6 Å². The van der Waals surface area contributed by atoms with Crippen LogP contribution in [0.15, 0.2) is 31.1 Å². The zero-order valence-corrected chi connectivity index (χ0v) is 11.5. The molecule has 0 aliphatic carbocycles. The molecule has 0 amide bonds. The quantitative estimate of drug-likeness (QED) is 0.774. The summed E-state index contributed by atoms with van der Waals surface area (Å²) in [6, 6.07) is 0. The van der Waals surface area contributed by atoms with Gasteiger partial charge in [0.05, 0.1) is 12.5 Å². The lowest BCUT2D eigenvalue weighted by atomic mass is 9.94. The zero-order valence-electron chi connectivity index (χ0n) is 11.5. The number of imidazole rings is 1. The summed E-state index contributed by atoms with van der Waals surface area (Å²) in [5, 5.41) is 18.7. The first-order valence-corrected chi connectivity index (χ1v) is 6.71. The van der Waals surface area contributed by atoms with Crippen LogP contribution in [-0.2, 0) is 0 Å². The van der Waals surface area contributed by atoms with Crippen LogP contribution in [0.5, 0.6) is 0 Å². The third-order valence-electron chi connectivity index (χ3n) is 3.34. The van der Waals surface area contributed by atoms with E-state index in [0.717, 1.165) is 19.3 Å². The SMILES string of the molecule is CCCCCC(C)(O)C(n1ccnc1)n1ccnn1. The Kier molecular flexibility index (Phi) is 4.31. The van der Waals surface area contributed by atoms with E-state index in [-0.39, 0.29) is 6.17 Å². The highest BCUT2D eigenvalue weighted by Gasteiger charge is 2.34. The summed E-state index contributed by atoms with van der Waals surface area (Å²) >= 11 is 0. The molecule has 0 aromatic carbocycles. The topological polar surface area (TPSA) is 68.8 Å². The molecule has 0 fully saturated rings. The maximum absolute atomic E-state index is 10.8. The Morgan fingerprint density at radius 1 is 1.26 bits per heavy atom. The first-order valence-electron chi connectivity index (χ1n) is 6.71. The first kappa shape index (κ1) is 13.7. The van der Waals surface area contributed by atoms with Crippen LogP contribution in [0, 0.1) is 0 Å². The number of aliphatic hydroxyl groups is 1. The van der Waals surface area contributed by atoms with Crippen molar-refractivity contribution in [2.24, 2.45) is 0 Å². The lowest BCUT2D eigenvalue weighted by Gasteiger charge is -2.33. The van der Waals surface area contributed by atoms with E-state index in [0.29, 0.717) is 6.42 Å². The summed E-state index contributed by atoms with van der Waals surface area (Å²) in [6.45, 7) is 3.99. The third kappa shape index (κ3) is 3.20. The van der Waals surface area contributed by atoms with Crippen LogP contribution < -0.4 is 0 Å². The minimum absolute atomic E-state index is 0.325. The van der Waals surface area contributed by atoms with Gasteiger partial charge in [0, 0.05) is 18.6 Å². The van der Waals surface area contributed by atoms with Gasteiger partial charge in [0.1, 0.15) is 5.60 Å². The second kappa shape index (κ2) is 5.97. The van der Waals surface area contributed by atoms with Crippen molar-refractivity contribution in [2.75, 3.05) is 0 Å². The van der Waals surface area contributed by atoms with Gasteiger partial charge in [-0.2, -0.15) is 0 Å². The fourth-order valence-electron chi connectivity index (χ4n) is 2.37. The molecule has 19 heavy (non-hydrogen) atoms. The molecule has 2 atom stereocenters. The van der Waals surface area contributed by atoms with Gasteiger partial charge < -0.3 is 9.67 Å². The molecular weight excluding hydrogens is 242 g/mol. The number of hydrogen-bond acceptors (Lipinski definition) is 4. The molecule has 0 saturated carbocycles. The monoisotopic (exact) mass is 263 g/mol. The highest BCUT2D eigenvalue weighted by Crippen LogP contribution is 2.28. The van der Waals surface area contributed by atoms with Gasteiger partial charge in [-0.25, -0.2) is 9.67 Å². The van der Waals surface area contributed by atoms with Crippen molar-refractivity contribution in [2.45, 2.75) is 51.3 Å². The average Bonchev–Trinajstić information content (AvgIpc) is 3.02. The normalized spacial score (nSPS) is 16.2. The van der Waals surface area contributed by atoms with Gasteiger partial charge in [-0.1, -0.05) is 31.4 Å². The maximum atomic E-state index is 10.8. The summed E-state index contributed by atoms with van der Waals surface area (Å²) in [5.41, 5.74) is -0.899. The molecule has 0 aliphatic rings. The molecule has 104 valence electrons. The Bertz CT molecular complexity index is 429. The molecule has 2 unspecified atom stereocenters. The van der Waals surface area contributed by atoms with Crippen LogP contribution in [0.1, 0.15) is 45.7 Å². The molecule has 2 aromatic rings. The van der Waals surface area contributed by atoms with Gasteiger partial charge in [0.15, 0.2) is 6.17 Å². The number of rotatable bonds is 7. The standard InChI is InChI=1S/C13H21N5O/c1-3-4-5-6-13(2,19)12(17-9-7-14-11-17)18-10-8-15-16-18/h7-12,19H,3-6H2,1-2H3. The van der Waals surface area contributed by atoms with Gasteiger partial charge in [0.2, 0.25) is 0 Å². The van der Waals surface area contributed by atoms with Crippen molar-refractivity contribution in [1.82, 2.24) is 24.5 Å². The highest BCUT2D eigenvalue weighted by molar-refractivity contribution is 4.92. The molecule has 6 nitrogen and oxygen atoms in total. The van der Waals surface area contributed by atoms with E-state index >= 15 is 0 Å². The molecule has 1 N–H and O–H groups in total. The van der Waals surface area contributed by atoms with E-state index in [2.05, 4.69) is 22.2 Å². The molecule has 2 heterocycles. The Morgan fingerprint density at radius 2 is 2.11 bits per heavy atom. The Balaban J connectivity index is 2.22. The van der Waals surface area contributed by atoms with Crippen molar-refractivity contribution in [1.29, 1.82) is 0 Å². The predicted molar refractivity (Wildman–Crippen MR) is 71.4 cm³/mol. The van der Waals surface area contributed by atoms with Crippen molar-refractivity contribution < 1.29 is 5.11 Å². The number of unbranched alkanes of at least 4 members (excludes halogenated alkanes) is 2. The number of aromatic nitrogens is 5. The summed E-state index contributed by atoms with van der Waals surface area (Å²) in [7, 11) is 0. The Labute approximate surface area is 113 Å². The largest absolute Gasteiger partial charge is 0.386 e. The minimum Gasteiger partial charge on any atom is -0.386 e. The third-order valence-corrected chi connectivity index (χ3v) is 3.34. The summed E-state index contributed by atoms with van der Waals surface area (Å²) in [6.07, 6.45) is 12.2. The van der Waals surface area contributed by atoms with Crippen LogP contribution in [0.4, 0.5) is 0 Å². The van der Waals surface area contributed by atoms with Crippen molar-refractivity contribution in [3.8, 4) is 0 Å². The lowest BCUT2D eigenvalue weighted by molar-refractivity contribution is -0.0219. The average molecular weight is 263 g/mol. The maximum Gasteiger partial charge on any atom is 0.157 e. The van der Waals surface area contributed by atoms with Crippen molar-refractivity contribution in [3.63, 3.8) is 0 Å². The van der Waals surface area contributed by atoms with Crippen LogP contribution in [0.3, 0.4) is 0 Å². The summed E-state index contributed by atoms with van der Waals surface area (Å²) < 4.78 is 3.54.